The van der Waals surface area contributed by atoms with Crippen LogP contribution in [0.5, 0.6) is 0 Å². The van der Waals surface area contributed by atoms with E-state index in [1.165, 1.54) is 40.0 Å². The summed E-state index contributed by atoms with van der Waals surface area (Å²) in [6.07, 6.45) is 5.55. The maximum atomic E-state index is 5.97. The van der Waals surface area contributed by atoms with Crippen LogP contribution in [0.2, 0.25) is 0 Å². The molecular formula is C23H22N6. The largest absolute Gasteiger partial charge is 0.382 e. The number of para-hydroxylation sites is 1. The minimum Gasteiger partial charge on any atom is -0.382 e. The molecular weight excluding hydrogens is 360 g/mol. The lowest BCUT2D eigenvalue weighted by Crippen LogP contribution is -2.29. The number of benzene rings is 2. The van der Waals surface area contributed by atoms with Crippen LogP contribution in [0.25, 0.3) is 17.2 Å². The molecule has 144 valence electrons. The van der Waals surface area contributed by atoms with E-state index in [-0.39, 0.29) is 0 Å². The Balaban J connectivity index is 1.64. The summed E-state index contributed by atoms with van der Waals surface area (Å²) in [7, 11) is 0. The summed E-state index contributed by atoms with van der Waals surface area (Å²) in [6.45, 7) is 5.81. The first-order valence-corrected chi connectivity index (χ1v) is 9.65. The summed E-state index contributed by atoms with van der Waals surface area (Å²) < 4.78 is 2.03. The first-order chi connectivity index (χ1) is 14.1. The van der Waals surface area contributed by atoms with Crippen LogP contribution in [0.15, 0.2) is 60.8 Å². The van der Waals surface area contributed by atoms with E-state index in [2.05, 4.69) is 82.2 Å². The van der Waals surface area contributed by atoms with Gasteiger partial charge in [0.25, 0.3) is 0 Å². The average molecular weight is 382 g/mol. The van der Waals surface area contributed by atoms with Gasteiger partial charge in [-0.15, -0.1) is 0 Å². The molecule has 2 aromatic heterocycles. The van der Waals surface area contributed by atoms with Crippen molar-refractivity contribution in [1.29, 1.82) is 0 Å². The van der Waals surface area contributed by atoms with Crippen LogP contribution in [-0.2, 0) is 13.1 Å². The quantitative estimate of drug-likeness (QED) is 0.578. The van der Waals surface area contributed by atoms with Gasteiger partial charge >= 0.3 is 0 Å². The lowest BCUT2D eigenvalue weighted by atomic mass is 9.96. The molecule has 2 aromatic carbocycles. The van der Waals surface area contributed by atoms with Gasteiger partial charge in [0.1, 0.15) is 11.8 Å². The number of aromatic nitrogens is 4. The Morgan fingerprint density at radius 3 is 2.66 bits per heavy atom. The summed E-state index contributed by atoms with van der Waals surface area (Å²) in [4.78, 5) is 15.3. The van der Waals surface area contributed by atoms with Crippen LogP contribution in [0, 0.1) is 13.8 Å². The Morgan fingerprint density at radius 2 is 1.79 bits per heavy atom. The van der Waals surface area contributed by atoms with E-state index in [0.717, 1.165) is 12.2 Å². The van der Waals surface area contributed by atoms with Gasteiger partial charge in [-0.05, 0) is 48.2 Å². The van der Waals surface area contributed by atoms with E-state index < -0.39 is 0 Å². The van der Waals surface area contributed by atoms with Gasteiger partial charge in [0.05, 0.1) is 12.9 Å². The topological polar surface area (TPSA) is 72.9 Å². The molecule has 29 heavy (non-hydrogen) atoms. The molecule has 0 radical (unpaired) electrons. The first kappa shape index (κ1) is 17.4. The van der Waals surface area contributed by atoms with Gasteiger partial charge in [-0.3, -0.25) is 0 Å². The monoisotopic (exact) mass is 382 g/mol. The normalized spacial score (nSPS) is 13.4. The number of hydrogen-bond donors (Lipinski definition) is 1. The zero-order valence-electron chi connectivity index (χ0n) is 16.5. The number of hydrogen-bond acceptors (Lipinski definition) is 5. The highest BCUT2D eigenvalue weighted by atomic mass is 15.2. The molecule has 3 heterocycles. The van der Waals surface area contributed by atoms with E-state index in [1.54, 1.807) is 6.33 Å². The molecule has 1 aliphatic heterocycles. The van der Waals surface area contributed by atoms with Gasteiger partial charge in [-0.2, -0.15) is 0 Å². The highest BCUT2D eigenvalue weighted by Crippen LogP contribution is 2.34. The highest BCUT2D eigenvalue weighted by Gasteiger charge is 2.23. The highest BCUT2D eigenvalue weighted by molar-refractivity contribution is 5.81. The molecule has 1 aliphatic rings. The maximum Gasteiger partial charge on any atom is 0.165 e. The minimum absolute atomic E-state index is 0.406. The van der Waals surface area contributed by atoms with Gasteiger partial charge in [-0.1, -0.05) is 36.4 Å². The molecule has 4 aromatic rings. The van der Waals surface area contributed by atoms with Crippen molar-refractivity contribution >= 4 is 28.7 Å². The Bertz CT molecular complexity index is 1250. The maximum absolute atomic E-state index is 5.97. The molecule has 0 saturated heterocycles. The van der Waals surface area contributed by atoms with Crippen LogP contribution in [0.4, 0.5) is 11.5 Å². The predicted molar refractivity (Wildman–Crippen MR) is 116 cm³/mol. The zero-order valence-corrected chi connectivity index (χ0v) is 16.5. The second-order valence-electron chi connectivity index (χ2n) is 7.45. The van der Waals surface area contributed by atoms with Crippen molar-refractivity contribution in [2.24, 2.45) is 0 Å². The molecule has 2 N–H and O–H groups in total. The third-order valence-electron chi connectivity index (χ3n) is 5.60. The molecule has 0 saturated carbocycles. The van der Waals surface area contributed by atoms with E-state index in [9.17, 15) is 0 Å². The van der Waals surface area contributed by atoms with Gasteiger partial charge in [-0.25, -0.2) is 15.0 Å². The van der Waals surface area contributed by atoms with Gasteiger partial charge in [0, 0.05) is 17.9 Å². The lowest BCUT2D eigenvalue weighted by Gasteiger charge is -2.34. The van der Waals surface area contributed by atoms with Crippen LogP contribution >= 0.6 is 0 Å². The Kier molecular flexibility index (Phi) is 4.05. The number of nitrogens with zero attached hydrogens (tertiary/aromatic N) is 5. The number of anilines is 2. The average Bonchev–Trinajstić information content (AvgIpc) is 3.13. The molecule has 6 heteroatoms. The number of allylic oxidation sites excluding steroid dienone is 1. The first-order valence-electron chi connectivity index (χ1n) is 9.65. The van der Waals surface area contributed by atoms with Crippen molar-refractivity contribution in [3.8, 4) is 0 Å². The fraction of sp³-hybridized carbons (Fsp3) is 0.174. The van der Waals surface area contributed by atoms with Crippen LogP contribution in [0.3, 0.4) is 0 Å². The summed E-state index contributed by atoms with van der Waals surface area (Å²) in [6, 6.07) is 15.0. The van der Waals surface area contributed by atoms with Crippen molar-refractivity contribution in [3.05, 3.63) is 83.1 Å². The molecule has 0 bridgehead atoms. The predicted octanol–water partition coefficient (Wildman–Crippen LogP) is 4.09. The summed E-state index contributed by atoms with van der Waals surface area (Å²) in [5.74, 6) is 0.406. The second kappa shape index (κ2) is 6.74. The third-order valence-corrected chi connectivity index (χ3v) is 5.60. The van der Waals surface area contributed by atoms with Gasteiger partial charge in [0.15, 0.2) is 11.5 Å². The number of imidazole rings is 1. The van der Waals surface area contributed by atoms with Crippen LogP contribution in [-0.4, -0.2) is 19.5 Å². The van der Waals surface area contributed by atoms with Gasteiger partial charge in [0.2, 0.25) is 0 Å². The SMILES string of the molecule is Cc1ccccc1N1Cc2c(C)cccc2C=C1Cn1cnc2c(N)ncnc21. The number of nitrogens with two attached hydrogens (primary N) is 1. The lowest BCUT2D eigenvalue weighted by molar-refractivity contribution is 0.739. The second-order valence-corrected chi connectivity index (χ2v) is 7.45. The summed E-state index contributed by atoms with van der Waals surface area (Å²) >= 11 is 0. The molecule has 0 amide bonds. The molecule has 6 nitrogen and oxygen atoms in total. The molecule has 0 fully saturated rings. The molecule has 0 atom stereocenters. The van der Waals surface area contributed by atoms with Crippen molar-refractivity contribution in [2.45, 2.75) is 26.9 Å². The van der Waals surface area contributed by atoms with E-state index in [0.29, 0.717) is 17.9 Å². The summed E-state index contributed by atoms with van der Waals surface area (Å²) in [5.41, 5.74) is 14.9. The number of nitrogen functional groups attached to an aromatic ring is 1. The standard InChI is InChI=1S/C23H22N6/c1-15-7-5-8-17-10-18(11-28-14-27-21-22(24)25-13-26-23(21)28)29(12-19(15)17)20-9-4-3-6-16(20)2/h3-10,13-14H,11-12H2,1-2H3,(H2,24,25,26). The molecule has 5 rings (SSSR count). The smallest absolute Gasteiger partial charge is 0.165 e. The minimum atomic E-state index is 0.406. The number of aryl methyl sites for hydroxylation is 2. The Labute approximate surface area is 169 Å². The fourth-order valence-corrected chi connectivity index (χ4v) is 4.02. The molecule has 0 unspecified atom stereocenters. The molecule has 0 aliphatic carbocycles. The van der Waals surface area contributed by atoms with Gasteiger partial charge < -0.3 is 15.2 Å². The van der Waals surface area contributed by atoms with Crippen molar-refractivity contribution in [1.82, 2.24) is 19.5 Å². The van der Waals surface area contributed by atoms with E-state index >= 15 is 0 Å². The summed E-state index contributed by atoms with van der Waals surface area (Å²) in [5, 5.41) is 0. The number of fused-ring (bicyclic) bond motifs is 2. The van der Waals surface area contributed by atoms with Crippen molar-refractivity contribution in [3.63, 3.8) is 0 Å². The number of rotatable bonds is 3. The van der Waals surface area contributed by atoms with Crippen LogP contribution < -0.4 is 10.6 Å². The van der Waals surface area contributed by atoms with Crippen molar-refractivity contribution in [2.75, 3.05) is 10.6 Å². The van der Waals surface area contributed by atoms with Crippen molar-refractivity contribution < 1.29 is 0 Å². The van der Waals surface area contributed by atoms with E-state index in [4.69, 9.17) is 5.73 Å². The van der Waals surface area contributed by atoms with E-state index in [1.807, 2.05) is 4.57 Å². The zero-order chi connectivity index (χ0) is 20.0. The Morgan fingerprint density at radius 1 is 0.966 bits per heavy atom. The van der Waals surface area contributed by atoms with Crippen LogP contribution in [0.1, 0.15) is 22.3 Å². The fourth-order valence-electron chi connectivity index (χ4n) is 4.02. The molecule has 0 spiro atoms. The Hall–Kier alpha value is -3.67. The third kappa shape index (κ3) is 2.93.